The zero-order valence-corrected chi connectivity index (χ0v) is 18.7. The van der Waals surface area contributed by atoms with Crippen molar-refractivity contribution in [3.63, 3.8) is 0 Å². The fourth-order valence-corrected chi connectivity index (χ4v) is 3.00. The van der Waals surface area contributed by atoms with Crippen LogP contribution in [0.25, 0.3) is 0 Å². The summed E-state index contributed by atoms with van der Waals surface area (Å²) in [6, 6.07) is 9.99. The van der Waals surface area contributed by atoms with Crippen molar-refractivity contribution in [2.24, 2.45) is 12.0 Å². The van der Waals surface area contributed by atoms with Crippen molar-refractivity contribution in [1.29, 1.82) is 0 Å². The van der Waals surface area contributed by atoms with Gasteiger partial charge in [-0.15, -0.1) is 0 Å². The molecule has 0 radical (unpaired) electrons. The molecule has 0 amide bonds. The second kappa shape index (κ2) is 12.8. The number of hydrogen-bond donors (Lipinski definition) is 0. The van der Waals surface area contributed by atoms with E-state index in [1.165, 1.54) is 9.13 Å². The second-order valence-corrected chi connectivity index (χ2v) is 6.50. The van der Waals surface area contributed by atoms with Crippen LogP contribution in [0.4, 0.5) is 5.82 Å². The molecule has 6 nitrogen and oxygen atoms in total. The van der Waals surface area contributed by atoms with Gasteiger partial charge >= 0.3 is 5.69 Å². The van der Waals surface area contributed by atoms with Crippen molar-refractivity contribution in [1.82, 2.24) is 9.13 Å². The Morgan fingerprint density at radius 1 is 1.07 bits per heavy atom. The van der Waals surface area contributed by atoms with Crippen LogP contribution < -0.4 is 11.2 Å². The summed E-state index contributed by atoms with van der Waals surface area (Å²) in [5.41, 5.74) is 1.11. The van der Waals surface area contributed by atoms with Gasteiger partial charge in [-0.25, -0.2) is 4.79 Å². The van der Waals surface area contributed by atoms with E-state index in [1.807, 2.05) is 58.0 Å². The van der Waals surface area contributed by atoms with Crippen LogP contribution in [-0.4, -0.2) is 21.6 Å². The highest BCUT2D eigenvalue weighted by molar-refractivity contribution is 5.76. The minimum Gasteiger partial charge on any atom is -0.481 e. The summed E-state index contributed by atoms with van der Waals surface area (Å²) in [5, 5.41) is 0. The van der Waals surface area contributed by atoms with E-state index in [0.717, 1.165) is 18.4 Å². The molecular weight excluding hydrogens is 366 g/mol. The Morgan fingerprint density at radius 3 is 2.31 bits per heavy atom. The molecular formula is C23H35N3O3. The fourth-order valence-electron chi connectivity index (χ4n) is 3.00. The first kappa shape index (κ1) is 24.4. The Bertz CT molecular complexity index is 896. The Kier molecular flexibility index (Phi) is 10.7. The van der Waals surface area contributed by atoms with Crippen molar-refractivity contribution >= 4 is 11.7 Å². The molecule has 0 unspecified atom stereocenters. The molecule has 0 aliphatic rings. The van der Waals surface area contributed by atoms with Crippen LogP contribution in [0.15, 0.2) is 44.9 Å². The average Bonchev–Trinajstić information content (AvgIpc) is 2.74. The summed E-state index contributed by atoms with van der Waals surface area (Å²) in [5.74, 6) is 0.832. The summed E-state index contributed by atoms with van der Waals surface area (Å²) in [4.78, 5) is 30.2. The maximum Gasteiger partial charge on any atom is 0.332 e. The highest BCUT2D eigenvalue weighted by Gasteiger charge is 2.17. The number of nitrogens with zero attached hydrogens (tertiary/aromatic N) is 3. The molecule has 0 bridgehead atoms. The average molecular weight is 402 g/mol. The Hall–Kier alpha value is -2.63. The van der Waals surface area contributed by atoms with E-state index in [-0.39, 0.29) is 11.2 Å². The maximum absolute atomic E-state index is 13.1. The van der Waals surface area contributed by atoms with Gasteiger partial charge in [-0.2, -0.15) is 4.99 Å². The lowest BCUT2D eigenvalue weighted by atomic mass is 10.1. The van der Waals surface area contributed by atoms with Crippen LogP contribution in [0, 0.1) is 0 Å². The number of ether oxygens (including phenoxy) is 1. The number of hydrogen-bond acceptors (Lipinski definition) is 4. The van der Waals surface area contributed by atoms with Crippen LogP contribution in [-0.2, 0) is 31.2 Å². The molecule has 1 heterocycles. The predicted molar refractivity (Wildman–Crippen MR) is 120 cm³/mol. The molecule has 2 aromatic rings. The van der Waals surface area contributed by atoms with Crippen molar-refractivity contribution in [2.75, 3.05) is 6.61 Å². The third-order valence-electron chi connectivity index (χ3n) is 4.47. The van der Waals surface area contributed by atoms with E-state index in [0.29, 0.717) is 43.3 Å². The van der Waals surface area contributed by atoms with Gasteiger partial charge in [0.25, 0.3) is 5.56 Å². The third kappa shape index (κ3) is 6.73. The summed E-state index contributed by atoms with van der Waals surface area (Å²) in [6.07, 6.45) is 2.92. The lowest BCUT2D eigenvalue weighted by Gasteiger charge is -2.15. The van der Waals surface area contributed by atoms with Crippen LogP contribution in [0.1, 0.15) is 58.6 Å². The number of aryl methyl sites for hydroxylation is 1. The lowest BCUT2D eigenvalue weighted by molar-refractivity contribution is 0.324. The van der Waals surface area contributed by atoms with E-state index in [2.05, 4.69) is 4.99 Å². The van der Waals surface area contributed by atoms with Crippen LogP contribution in [0.2, 0.25) is 0 Å². The topological polar surface area (TPSA) is 65.6 Å². The Labute approximate surface area is 173 Å². The highest BCUT2D eigenvalue weighted by Crippen LogP contribution is 2.17. The molecule has 6 heteroatoms. The molecule has 160 valence electrons. The summed E-state index contributed by atoms with van der Waals surface area (Å²) < 4.78 is 8.21. The van der Waals surface area contributed by atoms with Crippen LogP contribution in [0.5, 0.6) is 0 Å². The molecule has 1 aromatic heterocycles. The first-order chi connectivity index (χ1) is 14.0. The smallest absolute Gasteiger partial charge is 0.332 e. The first-order valence-electron chi connectivity index (χ1n) is 10.5. The van der Waals surface area contributed by atoms with E-state index >= 15 is 0 Å². The first-order valence-corrected chi connectivity index (χ1v) is 10.5. The van der Waals surface area contributed by atoms with Gasteiger partial charge in [0.2, 0.25) is 0 Å². The molecule has 0 saturated carbocycles. The van der Waals surface area contributed by atoms with E-state index in [1.54, 1.807) is 14.0 Å². The minimum atomic E-state index is -0.333. The number of unbranched alkanes of at least 4 members (excludes halogenated alkanes) is 1. The molecule has 0 aliphatic carbocycles. The molecule has 0 fully saturated rings. The third-order valence-corrected chi connectivity index (χ3v) is 4.47. The Balaban J connectivity index is 0.00000204. The monoisotopic (exact) mass is 401 g/mol. The van der Waals surface area contributed by atoms with E-state index in [9.17, 15) is 9.59 Å². The van der Waals surface area contributed by atoms with Gasteiger partial charge in [-0.3, -0.25) is 13.9 Å². The molecule has 29 heavy (non-hydrogen) atoms. The number of rotatable bonds is 8. The van der Waals surface area contributed by atoms with Gasteiger partial charge in [0.05, 0.1) is 12.2 Å². The SMILES string of the molecule is CC.CCCCn1c(=O)c(CCc2ccccc2)c(/N=C(\C)OCC)n(C)c1=O. The number of benzene rings is 1. The fraction of sp³-hybridized carbons (Fsp3) is 0.522. The van der Waals surface area contributed by atoms with Gasteiger partial charge in [0.1, 0.15) is 5.82 Å². The Morgan fingerprint density at radius 2 is 1.72 bits per heavy atom. The summed E-state index contributed by atoms with van der Waals surface area (Å²) in [7, 11) is 1.66. The van der Waals surface area contributed by atoms with Crippen molar-refractivity contribution in [3.05, 3.63) is 62.3 Å². The molecule has 2 rings (SSSR count). The van der Waals surface area contributed by atoms with Crippen molar-refractivity contribution in [3.8, 4) is 0 Å². The molecule has 0 spiro atoms. The second-order valence-electron chi connectivity index (χ2n) is 6.50. The largest absolute Gasteiger partial charge is 0.481 e. The number of aromatic nitrogens is 2. The van der Waals surface area contributed by atoms with E-state index in [4.69, 9.17) is 4.74 Å². The van der Waals surface area contributed by atoms with Gasteiger partial charge in [0.15, 0.2) is 5.90 Å². The quantitative estimate of drug-likeness (QED) is 0.491. The van der Waals surface area contributed by atoms with Crippen LogP contribution >= 0.6 is 0 Å². The minimum absolute atomic E-state index is 0.245. The van der Waals surface area contributed by atoms with Gasteiger partial charge in [0, 0.05) is 20.5 Å². The van der Waals surface area contributed by atoms with Gasteiger partial charge in [-0.05, 0) is 31.7 Å². The van der Waals surface area contributed by atoms with Crippen molar-refractivity contribution in [2.45, 2.75) is 66.8 Å². The molecule has 0 atom stereocenters. The molecule has 0 saturated heterocycles. The zero-order chi connectivity index (χ0) is 21.8. The summed E-state index contributed by atoms with van der Waals surface area (Å²) >= 11 is 0. The molecule has 1 aromatic carbocycles. The normalized spacial score (nSPS) is 11.0. The predicted octanol–water partition coefficient (Wildman–Crippen LogP) is 4.24. The van der Waals surface area contributed by atoms with Crippen molar-refractivity contribution < 1.29 is 4.74 Å². The van der Waals surface area contributed by atoms with E-state index < -0.39 is 0 Å². The molecule has 0 N–H and O–H groups in total. The summed E-state index contributed by atoms with van der Waals surface area (Å²) in [6.45, 7) is 10.6. The lowest BCUT2D eigenvalue weighted by Crippen LogP contribution is -2.41. The van der Waals surface area contributed by atoms with Crippen LogP contribution in [0.3, 0.4) is 0 Å². The molecule has 0 aliphatic heterocycles. The van der Waals surface area contributed by atoms with Gasteiger partial charge in [-0.1, -0.05) is 57.5 Å². The maximum atomic E-state index is 13.1. The van der Waals surface area contributed by atoms with Gasteiger partial charge < -0.3 is 4.74 Å². The highest BCUT2D eigenvalue weighted by atomic mass is 16.5. The zero-order valence-electron chi connectivity index (χ0n) is 18.7. The number of aliphatic imine (C=N–C) groups is 1. The standard InChI is InChI=1S/C21H29N3O3.C2H6/c1-5-7-15-24-20(25)18(14-13-17-11-9-8-10-12-17)19(23(4)21(24)26)22-16(3)27-6-2;1-2/h8-12H,5-7,13-15H2,1-4H3;1-2H3/b22-16+;.